The van der Waals surface area contributed by atoms with Gasteiger partial charge < -0.3 is 10.5 Å². The van der Waals surface area contributed by atoms with Crippen molar-refractivity contribution in [3.63, 3.8) is 0 Å². The molecule has 2 aromatic rings. The van der Waals surface area contributed by atoms with E-state index in [-0.39, 0.29) is 11.2 Å². The van der Waals surface area contributed by atoms with Crippen LogP contribution in [-0.4, -0.2) is 12.9 Å². The molecule has 0 aliphatic rings. The molecule has 0 unspecified atom stereocenters. The molecular weight excluding hydrogens is 274 g/mol. The van der Waals surface area contributed by atoms with E-state index in [9.17, 15) is 4.79 Å². The quantitative estimate of drug-likeness (QED) is 0.685. The summed E-state index contributed by atoms with van der Waals surface area (Å²) in [6.07, 6.45) is 0. The molecule has 0 aliphatic heterocycles. The van der Waals surface area contributed by atoms with Crippen LogP contribution in [0.1, 0.15) is 47.8 Å². The first-order valence-corrected chi connectivity index (χ1v) is 7.34. The number of hydrogen-bond donors (Lipinski definition) is 1. The Kier molecular flexibility index (Phi) is 4.27. The minimum Gasteiger partial charge on any atom is -0.496 e. The van der Waals surface area contributed by atoms with Crippen LogP contribution in [0.5, 0.6) is 5.75 Å². The third-order valence-electron chi connectivity index (χ3n) is 3.70. The van der Waals surface area contributed by atoms with Crippen LogP contribution >= 0.6 is 0 Å². The van der Waals surface area contributed by atoms with Gasteiger partial charge in [0.05, 0.1) is 12.7 Å². The number of ether oxygens (including phenoxy) is 1. The molecule has 0 heterocycles. The Bertz CT molecular complexity index is 712. The zero-order valence-corrected chi connectivity index (χ0v) is 13.9. The van der Waals surface area contributed by atoms with Crippen LogP contribution in [0.25, 0.3) is 0 Å². The molecule has 0 spiro atoms. The zero-order valence-electron chi connectivity index (χ0n) is 13.9. The van der Waals surface area contributed by atoms with Crippen molar-refractivity contribution in [3.8, 4) is 5.75 Å². The molecule has 0 aliphatic carbocycles. The number of benzene rings is 2. The van der Waals surface area contributed by atoms with E-state index in [2.05, 4.69) is 26.8 Å². The van der Waals surface area contributed by atoms with E-state index in [1.807, 2.05) is 25.1 Å². The predicted octanol–water partition coefficient (Wildman–Crippen LogP) is 4.11. The number of nitrogen functional groups attached to an aromatic ring is 1. The van der Waals surface area contributed by atoms with Crippen LogP contribution < -0.4 is 10.5 Å². The Balaban J connectivity index is 2.68. The van der Waals surface area contributed by atoms with Crippen molar-refractivity contribution in [1.82, 2.24) is 0 Å². The number of aryl methyl sites for hydroxylation is 1. The van der Waals surface area contributed by atoms with E-state index < -0.39 is 0 Å². The summed E-state index contributed by atoms with van der Waals surface area (Å²) in [4.78, 5) is 12.9. The highest BCUT2D eigenvalue weighted by Crippen LogP contribution is 2.36. The van der Waals surface area contributed by atoms with E-state index in [4.69, 9.17) is 10.5 Å². The maximum absolute atomic E-state index is 12.9. The lowest BCUT2D eigenvalue weighted by atomic mass is 9.83. The fourth-order valence-electron chi connectivity index (χ4n) is 2.57. The lowest BCUT2D eigenvalue weighted by Crippen LogP contribution is -2.16. The normalized spacial score (nSPS) is 11.3. The topological polar surface area (TPSA) is 52.3 Å². The second-order valence-corrected chi connectivity index (χ2v) is 6.56. The maximum atomic E-state index is 12.9. The lowest BCUT2D eigenvalue weighted by molar-refractivity contribution is 0.103. The molecule has 3 heteroatoms. The second kappa shape index (κ2) is 5.84. The lowest BCUT2D eigenvalue weighted by Gasteiger charge is -2.24. The summed E-state index contributed by atoms with van der Waals surface area (Å²) in [5.74, 6) is 0.524. The van der Waals surface area contributed by atoms with Crippen molar-refractivity contribution in [3.05, 3.63) is 58.7 Å². The fraction of sp³-hybridized carbons (Fsp3) is 0.316. The van der Waals surface area contributed by atoms with Gasteiger partial charge in [0.2, 0.25) is 0 Å². The zero-order chi connectivity index (χ0) is 16.5. The van der Waals surface area contributed by atoms with Gasteiger partial charge in [0, 0.05) is 16.8 Å². The molecule has 2 N–H and O–H groups in total. The van der Waals surface area contributed by atoms with Gasteiger partial charge in [-0.25, -0.2) is 0 Å². The van der Waals surface area contributed by atoms with Crippen molar-refractivity contribution in [2.24, 2.45) is 0 Å². The number of hydrogen-bond acceptors (Lipinski definition) is 3. The first-order chi connectivity index (χ1) is 10.3. The molecule has 22 heavy (non-hydrogen) atoms. The van der Waals surface area contributed by atoms with Crippen molar-refractivity contribution < 1.29 is 9.53 Å². The third-order valence-corrected chi connectivity index (χ3v) is 3.70. The molecule has 2 aromatic carbocycles. The largest absolute Gasteiger partial charge is 0.496 e. The van der Waals surface area contributed by atoms with Gasteiger partial charge in [-0.3, -0.25) is 4.79 Å². The fourth-order valence-corrected chi connectivity index (χ4v) is 2.57. The van der Waals surface area contributed by atoms with Crippen LogP contribution in [0.2, 0.25) is 0 Å². The molecule has 0 aromatic heterocycles. The highest BCUT2D eigenvalue weighted by molar-refractivity contribution is 6.13. The summed E-state index contributed by atoms with van der Waals surface area (Å²) in [6, 6.07) is 11.1. The van der Waals surface area contributed by atoms with Crippen LogP contribution in [0, 0.1) is 6.92 Å². The summed E-state index contributed by atoms with van der Waals surface area (Å²) in [5.41, 5.74) is 9.43. The molecule has 0 radical (unpaired) electrons. The summed E-state index contributed by atoms with van der Waals surface area (Å²) in [7, 11) is 1.60. The smallest absolute Gasteiger partial charge is 0.198 e. The standard InChI is InChI=1S/C19H23NO2/c1-12-10-14(17(21)13-8-6-7-9-16(13)20)18(22-5)15(11-12)19(2,3)4/h6-11H,20H2,1-5H3. The Morgan fingerprint density at radius 3 is 2.27 bits per heavy atom. The van der Waals surface area contributed by atoms with Crippen molar-refractivity contribution >= 4 is 11.5 Å². The second-order valence-electron chi connectivity index (χ2n) is 6.56. The van der Waals surface area contributed by atoms with Gasteiger partial charge in [0.15, 0.2) is 5.78 Å². The number of ketones is 1. The molecule has 2 rings (SSSR count). The molecule has 3 nitrogen and oxygen atoms in total. The molecule has 0 amide bonds. The van der Waals surface area contributed by atoms with E-state index in [0.29, 0.717) is 22.6 Å². The highest BCUT2D eigenvalue weighted by atomic mass is 16.5. The molecule has 0 bridgehead atoms. The van der Waals surface area contributed by atoms with Gasteiger partial charge >= 0.3 is 0 Å². The number of carbonyl (C=O) groups excluding carboxylic acids is 1. The van der Waals surface area contributed by atoms with Crippen LogP contribution in [0.15, 0.2) is 36.4 Å². The van der Waals surface area contributed by atoms with Crippen LogP contribution in [0.4, 0.5) is 5.69 Å². The predicted molar refractivity (Wildman–Crippen MR) is 90.7 cm³/mol. The molecule has 0 saturated heterocycles. The minimum atomic E-state index is -0.116. The SMILES string of the molecule is COc1c(C(=O)c2ccccc2N)cc(C)cc1C(C)(C)C. The Hall–Kier alpha value is -2.29. The molecular formula is C19H23NO2. The maximum Gasteiger partial charge on any atom is 0.198 e. The number of nitrogens with two attached hydrogens (primary N) is 1. The Labute approximate surface area is 132 Å². The first-order valence-electron chi connectivity index (χ1n) is 7.34. The van der Waals surface area contributed by atoms with E-state index in [0.717, 1.165) is 11.1 Å². The summed E-state index contributed by atoms with van der Waals surface area (Å²) in [6.45, 7) is 8.31. The van der Waals surface area contributed by atoms with Crippen LogP contribution in [-0.2, 0) is 5.41 Å². The van der Waals surface area contributed by atoms with E-state index >= 15 is 0 Å². The van der Waals surface area contributed by atoms with Gasteiger partial charge in [-0.15, -0.1) is 0 Å². The van der Waals surface area contributed by atoms with E-state index in [1.165, 1.54) is 0 Å². The monoisotopic (exact) mass is 297 g/mol. The number of carbonyl (C=O) groups is 1. The first kappa shape index (κ1) is 16.1. The summed E-state index contributed by atoms with van der Waals surface area (Å²) >= 11 is 0. The highest BCUT2D eigenvalue weighted by Gasteiger charge is 2.25. The van der Waals surface area contributed by atoms with Gasteiger partial charge in [0.25, 0.3) is 0 Å². The van der Waals surface area contributed by atoms with Gasteiger partial charge in [-0.05, 0) is 36.1 Å². The van der Waals surface area contributed by atoms with Crippen molar-refractivity contribution in [2.45, 2.75) is 33.1 Å². The Morgan fingerprint density at radius 2 is 1.73 bits per heavy atom. The number of methoxy groups -OCH3 is 1. The summed E-state index contributed by atoms with van der Waals surface area (Å²) in [5, 5.41) is 0. The van der Waals surface area contributed by atoms with E-state index in [1.54, 1.807) is 19.2 Å². The third kappa shape index (κ3) is 2.98. The number of rotatable bonds is 3. The Morgan fingerprint density at radius 1 is 1.09 bits per heavy atom. The minimum absolute atomic E-state index is 0.107. The molecule has 0 fully saturated rings. The van der Waals surface area contributed by atoms with Crippen molar-refractivity contribution in [1.29, 1.82) is 0 Å². The molecule has 0 saturated carbocycles. The average molecular weight is 297 g/mol. The average Bonchev–Trinajstić information content (AvgIpc) is 2.45. The summed E-state index contributed by atoms with van der Waals surface area (Å²) < 4.78 is 5.58. The molecule has 116 valence electrons. The van der Waals surface area contributed by atoms with Gasteiger partial charge in [-0.1, -0.05) is 39.0 Å². The van der Waals surface area contributed by atoms with Gasteiger partial charge in [0.1, 0.15) is 5.75 Å². The molecule has 0 atom stereocenters. The number of anilines is 1. The van der Waals surface area contributed by atoms with Crippen LogP contribution in [0.3, 0.4) is 0 Å². The number of para-hydroxylation sites is 1. The van der Waals surface area contributed by atoms with Gasteiger partial charge in [-0.2, -0.15) is 0 Å². The van der Waals surface area contributed by atoms with Crippen molar-refractivity contribution in [2.75, 3.05) is 12.8 Å².